The minimum Gasteiger partial charge on any atom is -0.399 e. The van der Waals surface area contributed by atoms with E-state index in [0.717, 1.165) is 0 Å². The fraction of sp³-hybridized carbons (Fsp3) is 0. The van der Waals surface area contributed by atoms with Crippen molar-refractivity contribution in [1.29, 1.82) is 0 Å². The van der Waals surface area contributed by atoms with Gasteiger partial charge >= 0.3 is 0 Å². The molecule has 0 aliphatic heterocycles. The minimum absolute atomic E-state index is 0. The Morgan fingerprint density at radius 1 is 1.29 bits per heavy atom. The Bertz CT molecular complexity index is 285. The number of hydrogen-bond acceptors (Lipinski definition) is 3. The molecule has 1 rings (SSSR count). The smallest absolute Gasteiger partial charge is 0.162 e. The SMILES string of the molecule is Cl.Cl.Cl.Nc1cccc(N[N+](=O)[O-])c1. The van der Waals surface area contributed by atoms with Crippen LogP contribution < -0.4 is 11.2 Å². The molecule has 1 aromatic carbocycles. The van der Waals surface area contributed by atoms with Crippen molar-refractivity contribution in [3.8, 4) is 0 Å². The van der Waals surface area contributed by atoms with E-state index in [1.165, 1.54) is 6.07 Å². The average molecular weight is 263 g/mol. The zero-order chi connectivity index (χ0) is 8.27. The topological polar surface area (TPSA) is 81.2 Å². The molecular formula is C6H10Cl3N3O2. The van der Waals surface area contributed by atoms with Crippen molar-refractivity contribution in [2.45, 2.75) is 0 Å². The van der Waals surface area contributed by atoms with Crippen LogP contribution in [0.5, 0.6) is 0 Å². The van der Waals surface area contributed by atoms with E-state index < -0.39 is 5.03 Å². The molecule has 0 unspecified atom stereocenters. The van der Waals surface area contributed by atoms with Gasteiger partial charge in [0.1, 0.15) is 5.69 Å². The predicted octanol–water partition coefficient (Wildman–Crippen LogP) is 2.14. The number of rotatable bonds is 2. The fourth-order valence-electron chi connectivity index (χ4n) is 0.714. The van der Waals surface area contributed by atoms with E-state index in [-0.39, 0.29) is 37.2 Å². The van der Waals surface area contributed by atoms with E-state index in [1.807, 2.05) is 5.43 Å². The number of nitro groups is 1. The maximum Gasteiger partial charge on any atom is 0.162 e. The van der Waals surface area contributed by atoms with Crippen molar-refractivity contribution >= 4 is 48.6 Å². The van der Waals surface area contributed by atoms with Gasteiger partial charge in [-0.25, -0.2) is 10.1 Å². The molecule has 0 fully saturated rings. The molecule has 0 saturated heterocycles. The van der Waals surface area contributed by atoms with Crippen LogP contribution in [-0.4, -0.2) is 5.03 Å². The lowest BCUT2D eigenvalue weighted by atomic mass is 10.3. The Hall–Kier alpha value is -0.910. The summed E-state index contributed by atoms with van der Waals surface area (Å²) in [5.41, 5.74) is 8.24. The first kappa shape index (κ1) is 18.8. The van der Waals surface area contributed by atoms with Crippen molar-refractivity contribution in [1.82, 2.24) is 0 Å². The third kappa shape index (κ3) is 6.59. The standard InChI is InChI=1S/C6H7N3O2.3ClH/c7-5-2-1-3-6(4-5)8-9(10)11;;;/h1-4,8H,7H2;3*1H. The highest BCUT2D eigenvalue weighted by atomic mass is 35.5. The molecule has 0 aliphatic rings. The number of halogens is 3. The molecule has 0 aromatic heterocycles. The van der Waals surface area contributed by atoms with Crippen LogP contribution in [0.2, 0.25) is 0 Å². The van der Waals surface area contributed by atoms with Gasteiger partial charge < -0.3 is 5.73 Å². The van der Waals surface area contributed by atoms with E-state index in [2.05, 4.69) is 0 Å². The monoisotopic (exact) mass is 261 g/mol. The lowest BCUT2D eigenvalue weighted by Gasteiger charge is -1.96. The summed E-state index contributed by atoms with van der Waals surface area (Å²) < 4.78 is 0. The first-order valence-electron chi connectivity index (χ1n) is 2.95. The van der Waals surface area contributed by atoms with E-state index in [4.69, 9.17) is 5.73 Å². The summed E-state index contributed by atoms with van der Waals surface area (Å²) in [5.74, 6) is 0. The Labute approximate surface area is 99.4 Å². The van der Waals surface area contributed by atoms with Crippen molar-refractivity contribution < 1.29 is 5.03 Å². The molecule has 0 spiro atoms. The number of anilines is 2. The van der Waals surface area contributed by atoms with Crippen LogP contribution in [-0.2, 0) is 0 Å². The molecule has 0 radical (unpaired) electrons. The van der Waals surface area contributed by atoms with Crippen LogP contribution in [0.25, 0.3) is 0 Å². The summed E-state index contributed by atoms with van der Waals surface area (Å²) in [6.45, 7) is 0. The Morgan fingerprint density at radius 2 is 1.86 bits per heavy atom. The van der Waals surface area contributed by atoms with Gasteiger partial charge in [-0.2, -0.15) is 0 Å². The van der Waals surface area contributed by atoms with Gasteiger partial charge in [0.25, 0.3) is 0 Å². The van der Waals surface area contributed by atoms with E-state index in [9.17, 15) is 10.1 Å². The molecular weight excluding hydrogens is 252 g/mol. The maximum absolute atomic E-state index is 9.93. The van der Waals surface area contributed by atoms with Crippen LogP contribution in [0, 0.1) is 10.1 Å². The Kier molecular flexibility index (Phi) is 11.6. The number of hydrazine groups is 1. The maximum atomic E-state index is 9.93. The van der Waals surface area contributed by atoms with E-state index in [1.54, 1.807) is 18.2 Å². The normalized spacial score (nSPS) is 7.14. The first-order chi connectivity index (χ1) is 5.18. The highest BCUT2D eigenvalue weighted by molar-refractivity contribution is 5.86. The van der Waals surface area contributed by atoms with Gasteiger partial charge in [0, 0.05) is 5.69 Å². The molecule has 3 N–H and O–H groups in total. The van der Waals surface area contributed by atoms with Gasteiger partial charge in [-0.3, -0.25) is 0 Å². The lowest BCUT2D eigenvalue weighted by Crippen LogP contribution is -2.07. The Balaban J connectivity index is -0.000000403. The Morgan fingerprint density at radius 3 is 2.29 bits per heavy atom. The second-order valence-corrected chi connectivity index (χ2v) is 1.99. The summed E-state index contributed by atoms with van der Waals surface area (Å²) in [5, 5.41) is 9.30. The predicted molar refractivity (Wildman–Crippen MR) is 63.2 cm³/mol. The van der Waals surface area contributed by atoms with Crippen molar-refractivity contribution in [3.05, 3.63) is 34.4 Å². The number of nitrogens with zero attached hydrogens (tertiary/aromatic N) is 1. The lowest BCUT2D eigenvalue weighted by molar-refractivity contribution is -0.445. The average Bonchev–Trinajstić information content (AvgIpc) is 1.85. The van der Waals surface area contributed by atoms with Crippen molar-refractivity contribution in [3.63, 3.8) is 0 Å². The molecule has 0 amide bonds. The third-order valence-electron chi connectivity index (χ3n) is 1.11. The molecule has 0 heterocycles. The summed E-state index contributed by atoms with van der Waals surface area (Å²) >= 11 is 0. The molecule has 0 aliphatic carbocycles. The van der Waals surface area contributed by atoms with E-state index >= 15 is 0 Å². The molecule has 1 aromatic rings. The first-order valence-corrected chi connectivity index (χ1v) is 2.95. The number of hydrogen-bond donors (Lipinski definition) is 2. The summed E-state index contributed by atoms with van der Waals surface area (Å²) in [6, 6.07) is 6.36. The largest absolute Gasteiger partial charge is 0.399 e. The van der Waals surface area contributed by atoms with Crippen LogP contribution in [0.1, 0.15) is 0 Å². The molecule has 0 saturated carbocycles. The van der Waals surface area contributed by atoms with Crippen molar-refractivity contribution in [2.24, 2.45) is 0 Å². The zero-order valence-electron chi connectivity index (χ0n) is 6.88. The van der Waals surface area contributed by atoms with Crippen LogP contribution in [0.3, 0.4) is 0 Å². The third-order valence-corrected chi connectivity index (χ3v) is 1.11. The summed E-state index contributed by atoms with van der Waals surface area (Å²) in [6.07, 6.45) is 0. The molecule has 8 heteroatoms. The minimum atomic E-state index is -0.630. The quantitative estimate of drug-likeness (QED) is 0.486. The number of benzene rings is 1. The number of nitrogens with two attached hydrogens (primary N) is 1. The molecule has 5 nitrogen and oxygen atoms in total. The molecule has 82 valence electrons. The van der Waals surface area contributed by atoms with Crippen LogP contribution in [0.15, 0.2) is 24.3 Å². The number of nitrogen functional groups attached to an aromatic ring is 1. The van der Waals surface area contributed by atoms with Gasteiger partial charge in [0.05, 0.1) is 0 Å². The van der Waals surface area contributed by atoms with Gasteiger partial charge in [0.15, 0.2) is 5.03 Å². The second-order valence-electron chi connectivity index (χ2n) is 1.99. The zero-order valence-corrected chi connectivity index (χ0v) is 9.32. The molecule has 14 heavy (non-hydrogen) atoms. The van der Waals surface area contributed by atoms with Gasteiger partial charge in [-0.15, -0.1) is 42.6 Å². The molecule has 0 bridgehead atoms. The second kappa shape index (κ2) is 8.68. The van der Waals surface area contributed by atoms with E-state index in [0.29, 0.717) is 11.4 Å². The highest BCUT2D eigenvalue weighted by Gasteiger charge is 1.96. The molecule has 0 atom stereocenters. The van der Waals surface area contributed by atoms with Gasteiger partial charge in [-0.05, 0) is 18.2 Å². The van der Waals surface area contributed by atoms with Crippen LogP contribution in [0.4, 0.5) is 11.4 Å². The summed E-state index contributed by atoms with van der Waals surface area (Å²) in [4.78, 5) is 9.93. The van der Waals surface area contributed by atoms with Gasteiger partial charge in [-0.1, -0.05) is 6.07 Å². The highest BCUT2D eigenvalue weighted by Crippen LogP contribution is 2.10. The van der Waals surface area contributed by atoms with Crippen LogP contribution >= 0.6 is 37.2 Å². The number of nitrogens with one attached hydrogen (secondary N) is 1. The van der Waals surface area contributed by atoms with Crippen molar-refractivity contribution in [2.75, 3.05) is 11.2 Å². The van der Waals surface area contributed by atoms with Gasteiger partial charge in [0.2, 0.25) is 0 Å². The fourth-order valence-corrected chi connectivity index (χ4v) is 0.714. The summed E-state index contributed by atoms with van der Waals surface area (Å²) in [7, 11) is 0.